The lowest BCUT2D eigenvalue weighted by molar-refractivity contribution is -0.142. The van der Waals surface area contributed by atoms with Crippen molar-refractivity contribution in [2.24, 2.45) is 11.8 Å². The Kier molecular flexibility index (Phi) is 4.06. The van der Waals surface area contributed by atoms with E-state index in [2.05, 4.69) is 29.6 Å². The fourth-order valence-electron chi connectivity index (χ4n) is 3.90. The molecule has 20 heavy (non-hydrogen) atoms. The number of esters is 1. The summed E-state index contributed by atoms with van der Waals surface area (Å²) in [6.07, 6.45) is 4.85. The average Bonchev–Trinajstić information content (AvgIpc) is 2.71. The minimum Gasteiger partial charge on any atom is -0.465 e. The minimum absolute atomic E-state index is 0.131. The molecule has 2 aliphatic carbocycles. The van der Waals surface area contributed by atoms with Gasteiger partial charge in [0, 0.05) is 6.04 Å². The molecule has 1 N–H and O–H groups in total. The molecule has 0 radical (unpaired) electrons. The summed E-state index contributed by atoms with van der Waals surface area (Å²) in [4.78, 5) is 11.5. The zero-order chi connectivity index (χ0) is 13.9. The van der Waals surface area contributed by atoms with Gasteiger partial charge in [-0.2, -0.15) is 0 Å². The van der Waals surface area contributed by atoms with Gasteiger partial charge in [-0.25, -0.2) is 0 Å². The Hall–Kier alpha value is -1.35. The third-order valence-electron chi connectivity index (χ3n) is 4.79. The molecule has 1 aromatic carbocycles. The average molecular weight is 273 g/mol. The SMILES string of the molecule is CCOC(=O)CNC1C2CCC1Cc1ccccc1C2. The Labute approximate surface area is 120 Å². The maximum atomic E-state index is 11.5. The number of hydrogen-bond donors (Lipinski definition) is 1. The maximum Gasteiger partial charge on any atom is 0.319 e. The normalized spacial score (nSPS) is 27.8. The van der Waals surface area contributed by atoms with Crippen molar-refractivity contribution in [3.8, 4) is 0 Å². The second-order valence-corrected chi connectivity index (χ2v) is 5.99. The fourth-order valence-corrected chi connectivity index (χ4v) is 3.90. The van der Waals surface area contributed by atoms with E-state index in [1.165, 1.54) is 24.0 Å². The van der Waals surface area contributed by atoms with E-state index >= 15 is 0 Å². The van der Waals surface area contributed by atoms with E-state index in [0.29, 0.717) is 31.0 Å². The van der Waals surface area contributed by atoms with Gasteiger partial charge in [-0.1, -0.05) is 24.3 Å². The first-order chi connectivity index (χ1) is 9.78. The molecule has 0 aliphatic heterocycles. The van der Waals surface area contributed by atoms with E-state index in [1.54, 1.807) is 0 Å². The zero-order valence-electron chi connectivity index (χ0n) is 12.1. The Bertz CT molecular complexity index is 453. The molecule has 2 atom stereocenters. The molecule has 0 heterocycles. The van der Waals surface area contributed by atoms with E-state index in [4.69, 9.17) is 4.74 Å². The van der Waals surface area contributed by atoms with Crippen LogP contribution >= 0.6 is 0 Å². The van der Waals surface area contributed by atoms with Gasteiger partial charge >= 0.3 is 5.97 Å². The van der Waals surface area contributed by atoms with Gasteiger partial charge in [-0.15, -0.1) is 0 Å². The summed E-state index contributed by atoms with van der Waals surface area (Å²) in [7, 11) is 0. The van der Waals surface area contributed by atoms with E-state index in [1.807, 2.05) is 6.92 Å². The molecule has 2 unspecified atom stereocenters. The van der Waals surface area contributed by atoms with Crippen LogP contribution in [0.2, 0.25) is 0 Å². The summed E-state index contributed by atoms with van der Waals surface area (Å²) in [6, 6.07) is 9.26. The van der Waals surface area contributed by atoms with Gasteiger partial charge in [0.25, 0.3) is 0 Å². The third kappa shape index (κ3) is 2.73. The lowest BCUT2D eigenvalue weighted by Gasteiger charge is -2.23. The minimum atomic E-state index is -0.131. The van der Waals surface area contributed by atoms with Crippen LogP contribution in [0.5, 0.6) is 0 Å². The van der Waals surface area contributed by atoms with Crippen LogP contribution < -0.4 is 5.32 Å². The van der Waals surface area contributed by atoms with Crippen molar-refractivity contribution in [1.29, 1.82) is 0 Å². The molecule has 0 spiro atoms. The summed E-state index contributed by atoms with van der Waals surface area (Å²) in [5.41, 5.74) is 3.00. The molecule has 0 amide bonds. The largest absolute Gasteiger partial charge is 0.465 e. The highest BCUT2D eigenvalue weighted by molar-refractivity contribution is 5.71. The third-order valence-corrected chi connectivity index (χ3v) is 4.79. The molecule has 1 fully saturated rings. The number of ether oxygens (including phenoxy) is 1. The number of carbonyl (C=O) groups is 1. The smallest absolute Gasteiger partial charge is 0.319 e. The van der Waals surface area contributed by atoms with Crippen LogP contribution in [0.1, 0.15) is 30.9 Å². The lowest BCUT2D eigenvalue weighted by atomic mass is 9.94. The Balaban J connectivity index is 1.68. The van der Waals surface area contributed by atoms with Gasteiger partial charge in [0.2, 0.25) is 0 Å². The molecule has 3 rings (SSSR count). The van der Waals surface area contributed by atoms with Crippen molar-refractivity contribution in [1.82, 2.24) is 5.32 Å². The first-order valence-electron chi connectivity index (χ1n) is 7.73. The second-order valence-electron chi connectivity index (χ2n) is 5.99. The van der Waals surface area contributed by atoms with Crippen LogP contribution in [0.15, 0.2) is 24.3 Å². The highest BCUT2D eigenvalue weighted by Gasteiger charge is 2.38. The Morgan fingerprint density at radius 1 is 1.20 bits per heavy atom. The Morgan fingerprint density at radius 2 is 1.80 bits per heavy atom. The number of nitrogens with one attached hydrogen (secondary N) is 1. The van der Waals surface area contributed by atoms with E-state index in [9.17, 15) is 4.79 Å². The first-order valence-corrected chi connectivity index (χ1v) is 7.73. The predicted molar refractivity (Wildman–Crippen MR) is 78.5 cm³/mol. The van der Waals surface area contributed by atoms with Crippen LogP contribution in [-0.4, -0.2) is 25.2 Å². The second kappa shape index (κ2) is 5.96. The fraction of sp³-hybridized carbons (Fsp3) is 0.588. The van der Waals surface area contributed by atoms with Crippen molar-refractivity contribution < 1.29 is 9.53 Å². The summed E-state index contributed by atoms with van der Waals surface area (Å²) < 4.78 is 5.02. The van der Waals surface area contributed by atoms with Crippen LogP contribution in [0.4, 0.5) is 0 Å². The topological polar surface area (TPSA) is 38.3 Å². The molecule has 0 aromatic heterocycles. The van der Waals surface area contributed by atoms with Crippen LogP contribution in [0, 0.1) is 11.8 Å². The quantitative estimate of drug-likeness (QED) is 0.856. The molecule has 0 saturated heterocycles. The molecule has 108 valence electrons. The van der Waals surface area contributed by atoms with Crippen molar-refractivity contribution in [3.05, 3.63) is 35.4 Å². The molecule has 3 heteroatoms. The van der Waals surface area contributed by atoms with Crippen molar-refractivity contribution in [2.45, 2.75) is 38.6 Å². The monoisotopic (exact) mass is 273 g/mol. The maximum absolute atomic E-state index is 11.5. The van der Waals surface area contributed by atoms with Gasteiger partial charge in [0.05, 0.1) is 13.2 Å². The molecular weight excluding hydrogens is 250 g/mol. The lowest BCUT2D eigenvalue weighted by Crippen LogP contribution is -2.41. The van der Waals surface area contributed by atoms with E-state index in [0.717, 1.165) is 12.8 Å². The van der Waals surface area contributed by atoms with Gasteiger partial charge in [0.1, 0.15) is 0 Å². The highest BCUT2D eigenvalue weighted by atomic mass is 16.5. The molecular formula is C17H23NO2. The molecule has 2 aliphatic rings. The van der Waals surface area contributed by atoms with Crippen molar-refractivity contribution in [2.75, 3.05) is 13.2 Å². The zero-order valence-corrected chi connectivity index (χ0v) is 12.1. The van der Waals surface area contributed by atoms with Crippen molar-refractivity contribution in [3.63, 3.8) is 0 Å². The number of fused-ring (bicyclic) bond motifs is 3. The number of carbonyl (C=O) groups excluding carboxylic acids is 1. The molecule has 1 saturated carbocycles. The summed E-state index contributed by atoms with van der Waals surface area (Å²) in [6.45, 7) is 2.66. The standard InChI is InChI=1S/C17H23NO2/c1-2-20-16(19)11-18-17-14-7-8-15(17)10-13-6-4-3-5-12(13)9-14/h3-6,14-15,17-18H,2,7-11H2,1H3. The Morgan fingerprint density at radius 3 is 2.35 bits per heavy atom. The van der Waals surface area contributed by atoms with Crippen molar-refractivity contribution >= 4 is 5.97 Å². The first kappa shape index (κ1) is 13.6. The number of rotatable bonds is 4. The number of hydrogen-bond acceptors (Lipinski definition) is 3. The van der Waals surface area contributed by atoms with Gasteiger partial charge in [0.15, 0.2) is 0 Å². The van der Waals surface area contributed by atoms with Crippen LogP contribution in [0.25, 0.3) is 0 Å². The molecule has 1 aromatic rings. The van der Waals surface area contributed by atoms with Crippen LogP contribution in [-0.2, 0) is 22.4 Å². The number of benzene rings is 1. The molecule has 2 bridgehead atoms. The van der Waals surface area contributed by atoms with E-state index < -0.39 is 0 Å². The summed E-state index contributed by atoms with van der Waals surface area (Å²) >= 11 is 0. The van der Waals surface area contributed by atoms with Crippen LogP contribution in [0.3, 0.4) is 0 Å². The predicted octanol–water partition coefficient (Wildman–Crippen LogP) is 2.33. The molecule has 3 nitrogen and oxygen atoms in total. The van der Waals surface area contributed by atoms with Gasteiger partial charge in [-0.3, -0.25) is 4.79 Å². The summed E-state index contributed by atoms with van der Waals surface area (Å²) in [5.74, 6) is 1.20. The summed E-state index contributed by atoms with van der Waals surface area (Å²) in [5, 5.41) is 3.47. The van der Waals surface area contributed by atoms with Gasteiger partial charge < -0.3 is 10.1 Å². The van der Waals surface area contributed by atoms with E-state index in [-0.39, 0.29) is 5.97 Å². The van der Waals surface area contributed by atoms with Gasteiger partial charge in [-0.05, 0) is 55.6 Å². The highest BCUT2D eigenvalue weighted by Crippen LogP contribution is 2.39.